The van der Waals surface area contributed by atoms with Crippen LogP contribution in [0.4, 0.5) is 11.6 Å². The molecule has 188 valence electrons. The third-order valence-corrected chi connectivity index (χ3v) is 6.42. The molecule has 3 heterocycles. The molecule has 0 saturated heterocycles. The summed E-state index contributed by atoms with van der Waals surface area (Å²) in [5, 5.41) is 5.49. The molecule has 1 saturated carbocycles. The molecule has 0 radical (unpaired) electrons. The Labute approximate surface area is 212 Å². The first-order chi connectivity index (χ1) is 17.8. The Kier molecular flexibility index (Phi) is 6.31. The maximum atomic E-state index is 13.1. The van der Waals surface area contributed by atoms with Gasteiger partial charge in [0.25, 0.3) is 11.5 Å². The van der Waals surface area contributed by atoms with Crippen LogP contribution in [0.25, 0.3) is 5.69 Å². The van der Waals surface area contributed by atoms with Gasteiger partial charge in [-0.1, -0.05) is 25.1 Å². The van der Waals surface area contributed by atoms with Crippen LogP contribution in [0, 0.1) is 18.8 Å². The lowest BCUT2D eigenvalue weighted by Gasteiger charge is -2.09. The van der Waals surface area contributed by atoms with Crippen molar-refractivity contribution in [2.24, 2.45) is 18.9 Å². The second-order valence-corrected chi connectivity index (χ2v) is 9.06. The van der Waals surface area contributed by atoms with E-state index in [-0.39, 0.29) is 23.2 Å². The van der Waals surface area contributed by atoms with Crippen molar-refractivity contribution in [2.75, 3.05) is 10.6 Å². The Morgan fingerprint density at radius 3 is 2.43 bits per heavy atom. The van der Waals surface area contributed by atoms with Gasteiger partial charge in [0, 0.05) is 25.2 Å². The van der Waals surface area contributed by atoms with Gasteiger partial charge in [0.2, 0.25) is 5.91 Å². The number of aromatic nitrogens is 4. The number of nitrogens with one attached hydrogen (secondary N) is 2. The van der Waals surface area contributed by atoms with Crippen molar-refractivity contribution in [1.82, 2.24) is 19.3 Å². The van der Waals surface area contributed by atoms with E-state index in [0.717, 1.165) is 6.42 Å². The predicted octanol–water partition coefficient (Wildman–Crippen LogP) is 3.91. The number of amides is 2. The Morgan fingerprint density at radius 1 is 1.00 bits per heavy atom. The Bertz CT molecular complexity index is 1520. The average molecular weight is 499 g/mol. The first-order valence-corrected chi connectivity index (χ1v) is 11.9. The van der Waals surface area contributed by atoms with Crippen molar-refractivity contribution >= 4 is 23.5 Å². The fourth-order valence-corrected chi connectivity index (χ4v) is 4.11. The number of para-hydroxylation sites is 1. The summed E-state index contributed by atoms with van der Waals surface area (Å²) >= 11 is 0. The number of carbonyl (C=O) groups is 2. The van der Waals surface area contributed by atoms with Gasteiger partial charge >= 0.3 is 0 Å². The van der Waals surface area contributed by atoms with Crippen LogP contribution in [0.5, 0.6) is 11.5 Å². The molecular formula is C27H26N6O4. The van der Waals surface area contributed by atoms with Gasteiger partial charge in [-0.15, -0.1) is 0 Å². The normalized spacial score (nSPS) is 16.2. The molecule has 1 aliphatic carbocycles. The van der Waals surface area contributed by atoms with Gasteiger partial charge in [-0.3, -0.25) is 19.1 Å². The molecule has 2 N–H and O–H groups in total. The van der Waals surface area contributed by atoms with Crippen molar-refractivity contribution in [2.45, 2.75) is 20.3 Å². The van der Waals surface area contributed by atoms with E-state index in [4.69, 9.17) is 4.74 Å². The second-order valence-electron chi connectivity index (χ2n) is 9.06. The van der Waals surface area contributed by atoms with E-state index < -0.39 is 11.5 Å². The van der Waals surface area contributed by atoms with Crippen LogP contribution in [0.2, 0.25) is 0 Å². The number of ether oxygens (including phenoxy) is 1. The second kappa shape index (κ2) is 9.73. The third kappa shape index (κ3) is 4.99. The zero-order valence-electron chi connectivity index (χ0n) is 20.6. The summed E-state index contributed by atoms with van der Waals surface area (Å²) in [5.41, 5.74) is 0.821. The summed E-state index contributed by atoms with van der Waals surface area (Å²) < 4.78 is 8.92. The number of carbonyl (C=O) groups excluding carboxylic acids is 2. The molecule has 1 aliphatic rings. The molecule has 1 fully saturated rings. The standard InChI is InChI=1S/C27H26N6O4/c1-16-13-21(16)25(34)31-23-14-19(11-12-28-23)37-20-9-10-22(29-15-20)30-26(35)24-17(2)32(3)33(27(24)36)18-7-5-4-6-8-18/h4-12,14-16,21H,13H2,1-3H3,(H,28,31,34)(H,29,30,35). The van der Waals surface area contributed by atoms with Crippen LogP contribution < -0.4 is 20.9 Å². The van der Waals surface area contributed by atoms with Gasteiger partial charge in [0.1, 0.15) is 28.7 Å². The number of nitrogens with zero attached hydrogens (tertiary/aromatic N) is 4. The molecule has 10 heteroatoms. The molecule has 10 nitrogen and oxygen atoms in total. The number of hydrogen-bond donors (Lipinski definition) is 2. The molecule has 0 bridgehead atoms. The molecule has 1 aromatic carbocycles. The van der Waals surface area contributed by atoms with Crippen LogP contribution in [0.3, 0.4) is 0 Å². The Hall–Kier alpha value is -4.73. The van der Waals surface area contributed by atoms with Crippen molar-refractivity contribution in [1.29, 1.82) is 0 Å². The van der Waals surface area contributed by atoms with Crippen molar-refractivity contribution in [3.05, 3.63) is 88.6 Å². The van der Waals surface area contributed by atoms with E-state index in [9.17, 15) is 14.4 Å². The van der Waals surface area contributed by atoms with Gasteiger partial charge < -0.3 is 15.4 Å². The minimum atomic E-state index is -0.548. The molecule has 0 aliphatic heterocycles. The zero-order valence-corrected chi connectivity index (χ0v) is 20.6. The molecule has 0 spiro atoms. The van der Waals surface area contributed by atoms with Crippen LogP contribution in [0.15, 0.2) is 71.8 Å². The Balaban J connectivity index is 1.27. The highest BCUT2D eigenvalue weighted by atomic mass is 16.5. The molecule has 5 rings (SSSR count). The molecule has 2 unspecified atom stereocenters. The Morgan fingerprint density at radius 2 is 1.76 bits per heavy atom. The van der Waals surface area contributed by atoms with Crippen molar-refractivity contribution in [3.63, 3.8) is 0 Å². The molecular weight excluding hydrogens is 472 g/mol. The van der Waals surface area contributed by atoms with E-state index in [0.29, 0.717) is 34.6 Å². The lowest BCUT2D eigenvalue weighted by molar-refractivity contribution is -0.117. The SMILES string of the molecule is Cc1c(C(=O)Nc2ccc(Oc3ccnc(NC(=O)C4CC4C)c3)cn2)c(=O)n(-c2ccccc2)n1C. The van der Waals surface area contributed by atoms with E-state index in [1.807, 2.05) is 25.1 Å². The first-order valence-electron chi connectivity index (χ1n) is 11.9. The van der Waals surface area contributed by atoms with Crippen LogP contribution in [-0.2, 0) is 11.8 Å². The van der Waals surface area contributed by atoms with Crippen LogP contribution in [-0.4, -0.2) is 31.1 Å². The average Bonchev–Trinajstić information content (AvgIpc) is 3.57. The predicted molar refractivity (Wildman–Crippen MR) is 138 cm³/mol. The monoisotopic (exact) mass is 498 g/mol. The lowest BCUT2D eigenvalue weighted by atomic mass is 10.2. The summed E-state index contributed by atoms with van der Waals surface area (Å²) in [6, 6.07) is 15.7. The van der Waals surface area contributed by atoms with E-state index in [1.165, 1.54) is 10.9 Å². The van der Waals surface area contributed by atoms with Gasteiger partial charge in [0.15, 0.2) is 0 Å². The lowest BCUT2D eigenvalue weighted by Crippen LogP contribution is -2.25. The van der Waals surface area contributed by atoms with Crippen LogP contribution >= 0.6 is 0 Å². The number of benzene rings is 1. The fraction of sp³-hybridized carbons (Fsp3) is 0.222. The molecule has 37 heavy (non-hydrogen) atoms. The number of rotatable bonds is 7. The van der Waals surface area contributed by atoms with Crippen LogP contribution in [0.1, 0.15) is 29.4 Å². The highest BCUT2D eigenvalue weighted by molar-refractivity contribution is 6.04. The van der Waals surface area contributed by atoms with E-state index in [2.05, 4.69) is 20.6 Å². The maximum absolute atomic E-state index is 13.1. The summed E-state index contributed by atoms with van der Waals surface area (Å²) in [4.78, 5) is 46.6. The molecule has 4 aromatic rings. The van der Waals surface area contributed by atoms with Crippen molar-refractivity contribution < 1.29 is 14.3 Å². The number of pyridine rings is 2. The summed E-state index contributed by atoms with van der Waals surface area (Å²) in [6.45, 7) is 3.76. The largest absolute Gasteiger partial charge is 0.456 e. The summed E-state index contributed by atoms with van der Waals surface area (Å²) in [7, 11) is 1.73. The van der Waals surface area contributed by atoms with Gasteiger partial charge in [-0.05, 0) is 49.6 Å². The highest BCUT2D eigenvalue weighted by Gasteiger charge is 2.39. The molecule has 2 atom stereocenters. The van der Waals surface area contributed by atoms with Gasteiger partial charge in [-0.25, -0.2) is 14.6 Å². The van der Waals surface area contributed by atoms with Gasteiger partial charge in [0.05, 0.1) is 17.6 Å². The highest BCUT2D eigenvalue weighted by Crippen LogP contribution is 2.38. The van der Waals surface area contributed by atoms with Crippen molar-refractivity contribution in [3.8, 4) is 17.2 Å². The number of anilines is 2. The van der Waals surface area contributed by atoms with E-state index >= 15 is 0 Å². The first kappa shape index (κ1) is 24.0. The smallest absolute Gasteiger partial charge is 0.284 e. The van der Waals surface area contributed by atoms with Gasteiger partial charge in [-0.2, -0.15) is 0 Å². The molecule has 3 aromatic heterocycles. The maximum Gasteiger partial charge on any atom is 0.284 e. The summed E-state index contributed by atoms with van der Waals surface area (Å²) in [6.07, 6.45) is 3.90. The quantitative estimate of drug-likeness (QED) is 0.399. The minimum Gasteiger partial charge on any atom is -0.456 e. The summed E-state index contributed by atoms with van der Waals surface area (Å²) in [5.74, 6) is 1.45. The van der Waals surface area contributed by atoms with E-state index in [1.54, 1.807) is 61.2 Å². The topological polar surface area (TPSA) is 120 Å². The zero-order chi connectivity index (χ0) is 26.1. The third-order valence-electron chi connectivity index (χ3n) is 6.42. The fourth-order valence-electron chi connectivity index (χ4n) is 4.11. The molecule has 2 amide bonds. The minimum absolute atomic E-state index is 0.0388. The number of hydrogen-bond acceptors (Lipinski definition) is 6.